The fraction of sp³-hybridized carbons (Fsp3) is 0.714. The molecular weight excluding hydrogens is 444 g/mol. The Balaban J connectivity index is 2.05. The van der Waals surface area contributed by atoms with E-state index in [9.17, 15) is 14.7 Å². The molecule has 0 aliphatic carbocycles. The molecule has 0 spiro atoms. The van der Waals surface area contributed by atoms with E-state index in [1.807, 2.05) is 42.2 Å². The Morgan fingerprint density at radius 2 is 1.77 bits per heavy atom. The third kappa shape index (κ3) is 7.51. The van der Waals surface area contributed by atoms with Crippen molar-refractivity contribution in [2.75, 3.05) is 20.8 Å². The summed E-state index contributed by atoms with van der Waals surface area (Å²) in [7, 11) is 3.27. The monoisotopic (exact) mass is 490 g/mol. The van der Waals surface area contributed by atoms with E-state index in [0.29, 0.717) is 18.9 Å². The van der Waals surface area contributed by atoms with E-state index in [2.05, 4.69) is 26.1 Å². The average molecular weight is 491 g/mol. The summed E-state index contributed by atoms with van der Waals surface area (Å²) < 4.78 is 11.5. The molecule has 7 nitrogen and oxygen atoms in total. The highest BCUT2D eigenvalue weighted by molar-refractivity contribution is 5.80. The van der Waals surface area contributed by atoms with E-state index < -0.39 is 24.2 Å². The maximum atomic E-state index is 13.3. The molecule has 2 rings (SSSR count). The number of nitrogens with one attached hydrogen (secondary N) is 1. The molecule has 1 fully saturated rings. The first kappa shape index (κ1) is 29.3. The van der Waals surface area contributed by atoms with Crippen molar-refractivity contribution in [2.45, 2.75) is 90.7 Å². The second kappa shape index (κ2) is 14.0. The zero-order chi connectivity index (χ0) is 26.1. The quantitative estimate of drug-likeness (QED) is 0.437. The number of aliphatic hydroxyl groups is 1. The Kier molecular flexibility index (Phi) is 11.7. The largest absolute Gasteiger partial charge is 0.386 e. The number of hydrogen-bond donors (Lipinski definition) is 2. The van der Waals surface area contributed by atoms with Crippen LogP contribution in [0.3, 0.4) is 0 Å². The molecule has 2 amide bonds. The third-order valence-electron chi connectivity index (χ3n) is 7.97. The first-order chi connectivity index (χ1) is 16.7. The van der Waals surface area contributed by atoms with E-state index in [-0.39, 0.29) is 29.9 Å². The molecule has 0 radical (unpaired) electrons. The van der Waals surface area contributed by atoms with Gasteiger partial charge in [-0.1, -0.05) is 64.4 Å². The number of amides is 2. The number of benzene rings is 1. The van der Waals surface area contributed by atoms with E-state index >= 15 is 0 Å². The summed E-state index contributed by atoms with van der Waals surface area (Å²) in [6.45, 7) is 10.8. The summed E-state index contributed by atoms with van der Waals surface area (Å²) in [5, 5.41) is 13.6. The van der Waals surface area contributed by atoms with E-state index in [1.54, 1.807) is 21.1 Å². The van der Waals surface area contributed by atoms with Gasteiger partial charge in [0.05, 0.1) is 42.7 Å². The fourth-order valence-electron chi connectivity index (χ4n) is 5.17. The van der Waals surface area contributed by atoms with Crippen LogP contribution in [0.5, 0.6) is 0 Å². The summed E-state index contributed by atoms with van der Waals surface area (Å²) in [6, 6.07) is 8.66. The van der Waals surface area contributed by atoms with E-state index in [0.717, 1.165) is 24.8 Å². The molecule has 1 heterocycles. The molecule has 1 aromatic carbocycles. The Labute approximate surface area is 211 Å². The Morgan fingerprint density at radius 3 is 2.34 bits per heavy atom. The standard InChI is InChI=1S/C28H46N2O5/c1-8-18(2)19(3)24(34-6)17-25(31)30-16-12-15-23(30)27(35-7)20(4)28(33)29-21(5)26(32)22-13-10-9-11-14-22/h9-11,13-14,18-21,23-24,26-27,32H,8,12,15-17H2,1-7H3,(H,29,33)/t18?,19-,20+,21+,23?,24+,26?,27+/m0/s1. The molecular formula is C28H46N2O5. The second-order valence-electron chi connectivity index (χ2n) is 10.2. The number of carbonyl (C=O) groups is 2. The minimum Gasteiger partial charge on any atom is -0.386 e. The highest BCUT2D eigenvalue weighted by atomic mass is 16.5. The summed E-state index contributed by atoms with van der Waals surface area (Å²) in [5.74, 6) is 0.109. The van der Waals surface area contributed by atoms with Crippen LogP contribution in [-0.4, -0.2) is 66.9 Å². The topological polar surface area (TPSA) is 88.1 Å². The molecule has 1 saturated heterocycles. The smallest absolute Gasteiger partial charge is 0.225 e. The van der Waals surface area contributed by atoms with Crippen LogP contribution in [0.15, 0.2) is 30.3 Å². The average Bonchev–Trinajstić information content (AvgIpc) is 3.36. The molecule has 2 N–H and O–H groups in total. The first-order valence-electron chi connectivity index (χ1n) is 13.0. The van der Waals surface area contributed by atoms with Crippen molar-refractivity contribution < 1.29 is 24.2 Å². The van der Waals surface area contributed by atoms with E-state index in [4.69, 9.17) is 9.47 Å². The number of carbonyl (C=O) groups excluding carboxylic acids is 2. The third-order valence-corrected chi connectivity index (χ3v) is 7.97. The zero-order valence-electron chi connectivity index (χ0n) is 22.6. The van der Waals surface area contributed by atoms with Crippen molar-refractivity contribution >= 4 is 11.8 Å². The van der Waals surface area contributed by atoms with Gasteiger partial charge in [-0.2, -0.15) is 0 Å². The number of likely N-dealkylation sites (tertiary alicyclic amines) is 1. The summed E-state index contributed by atoms with van der Waals surface area (Å²) in [6.07, 6.45) is 1.66. The predicted octanol–water partition coefficient (Wildman–Crippen LogP) is 3.95. The molecule has 35 heavy (non-hydrogen) atoms. The van der Waals surface area contributed by atoms with Crippen LogP contribution in [-0.2, 0) is 19.1 Å². The zero-order valence-corrected chi connectivity index (χ0v) is 22.6. The highest BCUT2D eigenvalue weighted by Crippen LogP contribution is 2.29. The molecule has 8 atom stereocenters. The van der Waals surface area contributed by atoms with Crippen LogP contribution in [0.2, 0.25) is 0 Å². The Hall–Kier alpha value is -1.96. The van der Waals surface area contributed by atoms with Gasteiger partial charge in [-0.15, -0.1) is 0 Å². The summed E-state index contributed by atoms with van der Waals surface area (Å²) in [5.41, 5.74) is 0.753. The van der Waals surface area contributed by atoms with Crippen LogP contribution in [0, 0.1) is 17.8 Å². The molecule has 7 heteroatoms. The van der Waals surface area contributed by atoms with Gasteiger partial charge in [0.2, 0.25) is 11.8 Å². The lowest BCUT2D eigenvalue weighted by Gasteiger charge is -2.36. The second-order valence-corrected chi connectivity index (χ2v) is 10.2. The van der Waals surface area contributed by atoms with Crippen molar-refractivity contribution in [1.29, 1.82) is 0 Å². The minimum absolute atomic E-state index is 0.0528. The van der Waals surface area contributed by atoms with Crippen molar-refractivity contribution in [3.8, 4) is 0 Å². The lowest BCUT2D eigenvalue weighted by atomic mass is 9.87. The maximum Gasteiger partial charge on any atom is 0.225 e. The number of nitrogens with zero attached hydrogens (tertiary/aromatic N) is 1. The minimum atomic E-state index is -0.809. The molecule has 0 aromatic heterocycles. The molecule has 3 unspecified atom stereocenters. The van der Waals surface area contributed by atoms with E-state index in [1.165, 1.54) is 0 Å². The van der Waals surface area contributed by atoms with Gasteiger partial charge in [0.15, 0.2) is 0 Å². The van der Waals surface area contributed by atoms with Gasteiger partial charge in [-0.05, 0) is 37.2 Å². The maximum absolute atomic E-state index is 13.3. The van der Waals surface area contributed by atoms with Crippen molar-refractivity contribution in [2.24, 2.45) is 17.8 Å². The fourth-order valence-corrected chi connectivity index (χ4v) is 5.17. The highest BCUT2D eigenvalue weighted by Gasteiger charge is 2.41. The predicted molar refractivity (Wildman–Crippen MR) is 138 cm³/mol. The van der Waals surface area contributed by atoms with Crippen molar-refractivity contribution in [3.63, 3.8) is 0 Å². The lowest BCUT2D eigenvalue weighted by molar-refractivity contribution is -0.143. The SMILES string of the molecule is CCC(C)[C@H](C)[C@@H](CC(=O)N1CCCC1[C@H](OC)[C@@H](C)C(=O)N[C@H](C)C(O)c1ccccc1)OC. The van der Waals surface area contributed by atoms with Gasteiger partial charge >= 0.3 is 0 Å². The number of methoxy groups -OCH3 is 2. The van der Waals surface area contributed by atoms with Crippen LogP contribution in [0.4, 0.5) is 0 Å². The van der Waals surface area contributed by atoms with Crippen molar-refractivity contribution in [3.05, 3.63) is 35.9 Å². The molecule has 0 saturated carbocycles. The molecule has 1 aliphatic rings. The van der Waals surface area contributed by atoms with Crippen molar-refractivity contribution in [1.82, 2.24) is 10.2 Å². The number of aliphatic hydroxyl groups excluding tert-OH is 1. The summed E-state index contributed by atoms with van der Waals surface area (Å²) >= 11 is 0. The van der Waals surface area contributed by atoms with Gasteiger partial charge in [0.25, 0.3) is 0 Å². The van der Waals surface area contributed by atoms with Crippen LogP contribution in [0.25, 0.3) is 0 Å². The first-order valence-corrected chi connectivity index (χ1v) is 13.0. The van der Waals surface area contributed by atoms with Gasteiger partial charge in [0.1, 0.15) is 0 Å². The number of rotatable bonds is 13. The Morgan fingerprint density at radius 1 is 1.11 bits per heavy atom. The van der Waals surface area contributed by atoms with Gasteiger partial charge in [-0.3, -0.25) is 9.59 Å². The molecule has 0 bridgehead atoms. The normalized spacial score (nSPS) is 22.1. The van der Waals surface area contributed by atoms with Gasteiger partial charge in [-0.25, -0.2) is 0 Å². The molecule has 1 aliphatic heterocycles. The molecule has 198 valence electrons. The van der Waals surface area contributed by atoms with Crippen LogP contribution < -0.4 is 5.32 Å². The van der Waals surface area contributed by atoms with Gasteiger partial charge in [0, 0.05) is 20.8 Å². The number of hydrogen-bond acceptors (Lipinski definition) is 5. The lowest BCUT2D eigenvalue weighted by Crippen LogP contribution is -2.51. The van der Waals surface area contributed by atoms with Crippen LogP contribution >= 0.6 is 0 Å². The van der Waals surface area contributed by atoms with Gasteiger partial charge < -0.3 is 24.8 Å². The Bertz CT molecular complexity index is 789. The van der Waals surface area contributed by atoms with Crippen LogP contribution in [0.1, 0.15) is 72.0 Å². The summed E-state index contributed by atoms with van der Waals surface area (Å²) in [4.78, 5) is 28.3. The molecule has 1 aromatic rings. The number of ether oxygens (including phenoxy) is 2.